The molecule has 0 aromatic heterocycles. The lowest BCUT2D eigenvalue weighted by Gasteiger charge is -2.31. The van der Waals surface area contributed by atoms with Crippen LogP contribution in [0, 0.1) is 10.1 Å². The Balaban J connectivity index is 2.22. The van der Waals surface area contributed by atoms with Crippen LogP contribution in [0.15, 0.2) is 71.6 Å². The van der Waals surface area contributed by atoms with Crippen LogP contribution in [0.1, 0.15) is 18.5 Å². The first-order valence-electron chi connectivity index (χ1n) is 9.45. The summed E-state index contributed by atoms with van der Waals surface area (Å²) in [6, 6.07) is 15.8. The van der Waals surface area contributed by atoms with Gasteiger partial charge in [0.15, 0.2) is 11.5 Å². The van der Waals surface area contributed by atoms with Gasteiger partial charge in [0, 0.05) is 23.2 Å². The third-order valence-corrected chi connectivity index (χ3v) is 7.02. The second-order valence-corrected chi connectivity index (χ2v) is 9.08. The normalized spacial score (nSPS) is 12.1. The minimum absolute atomic E-state index is 0.213. The summed E-state index contributed by atoms with van der Waals surface area (Å²) in [6.45, 7) is 1.71. The van der Waals surface area contributed by atoms with Gasteiger partial charge in [-0.25, -0.2) is 8.42 Å². The Kier molecular flexibility index (Phi) is 6.90. The summed E-state index contributed by atoms with van der Waals surface area (Å²) >= 11 is 6.13. The lowest BCUT2D eigenvalue weighted by Crippen LogP contribution is -2.33. The van der Waals surface area contributed by atoms with Gasteiger partial charge in [-0.2, -0.15) is 0 Å². The lowest BCUT2D eigenvalue weighted by atomic mass is 10.1. The zero-order valence-electron chi connectivity index (χ0n) is 17.6. The molecule has 0 N–H and O–H groups in total. The van der Waals surface area contributed by atoms with E-state index in [1.807, 2.05) is 0 Å². The van der Waals surface area contributed by atoms with Crippen molar-refractivity contribution in [3.05, 3.63) is 87.4 Å². The van der Waals surface area contributed by atoms with Crippen LogP contribution in [0.3, 0.4) is 0 Å². The highest BCUT2D eigenvalue weighted by atomic mass is 35.5. The van der Waals surface area contributed by atoms with Gasteiger partial charge in [-0.15, -0.1) is 0 Å². The number of benzene rings is 3. The molecule has 0 aliphatic heterocycles. The maximum atomic E-state index is 13.8. The number of nitro benzene ring substituents is 1. The van der Waals surface area contributed by atoms with E-state index in [-0.39, 0.29) is 10.6 Å². The van der Waals surface area contributed by atoms with Crippen molar-refractivity contribution in [1.82, 2.24) is 0 Å². The predicted molar refractivity (Wildman–Crippen MR) is 122 cm³/mol. The van der Waals surface area contributed by atoms with Crippen LogP contribution in [0.2, 0.25) is 5.02 Å². The summed E-state index contributed by atoms with van der Waals surface area (Å²) < 4.78 is 39.3. The van der Waals surface area contributed by atoms with Crippen LogP contribution >= 0.6 is 11.6 Å². The van der Waals surface area contributed by atoms with E-state index in [9.17, 15) is 18.5 Å². The monoisotopic (exact) mass is 476 g/mol. The molecule has 3 aromatic carbocycles. The maximum Gasteiger partial charge on any atom is 0.270 e. The van der Waals surface area contributed by atoms with E-state index < -0.39 is 21.0 Å². The Hall–Kier alpha value is -3.30. The van der Waals surface area contributed by atoms with Crippen molar-refractivity contribution in [1.29, 1.82) is 0 Å². The number of rotatable bonds is 8. The molecule has 3 rings (SSSR count). The Morgan fingerprint density at radius 2 is 1.66 bits per heavy atom. The molecule has 0 amide bonds. The molecule has 10 heteroatoms. The predicted octanol–water partition coefficient (Wildman–Crippen LogP) is 5.22. The Morgan fingerprint density at radius 3 is 2.28 bits per heavy atom. The summed E-state index contributed by atoms with van der Waals surface area (Å²) in [5, 5.41) is 11.7. The highest BCUT2D eigenvalue weighted by molar-refractivity contribution is 7.92. The first kappa shape index (κ1) is 23.4. The number of hydrogen-bond acceptors (Lipinski definition) is 6. The van der Waals surface area contributed by atoms with E-state index in [4.69, 9.17) is 21.1 Å². The van der Waals surface area contributed by atoms with E-state index in [2.05, 4.69) is 0 Å². The first-order chi connectivity index (χ1) is 15.2. The third-order valence-electron chi connectivity index (χ3n) is 4.89. The molecule has 0 unspecified atom stereocenters. The first-order valence-corrected chi connectivity index (χ1v) is 11.3. The lowest BCUT2D eigenvalue weighted by molar-refractivity contribution is -0.385. The van der Waals surface area contributed by atoms with E-state index >= 15 is 0 Å². The van der Waals surface area contributed by atoms with Gasteiger partial charge in [0.05, 0.1) is 35.8 Å². The van der Waals surface area contributed by atoms with Crippen LogP contribution in [0.4, 0.5) is 11.4 Å². The number of non-ortho nitro benzene ring substituents is 1. The molecular formula is C22H21ClN2O6S. The van der Waals surface area contributed by atoms with Crippen molar-refractivity contribution in [2.75, 3.05) is 18.5 Å². The number of sulfonamides is 1. The molecule has 0 spiro atoms. The molecule has 0 saturated carbocycles. The molecule has 0 aliphatic carbocycles. The van der Waals surface area contributed by atoms with Crippen LogP contribution in [-0.4, -0.2) is 27.6 Å². The van der Waals surface area contributed by atoms with Crippen LogP contribution in [-0.2, 0) is 10.0 Å². The number of nitrogens with zero attached hydrogens (tertiary/aromatic N) is 2. The van der Waals surface area contributed by atoms with E-state index in [0.717, 1.165) is 6.07 Å². The Morgan fingerprint density at radius 1 is 0.969 bits per heavy atom. The number of ether oxygens (including phenoxy) is 2. The van der Waals surface area contributed by atoms with Crippen LogP contribution in [0.5, 0.6) is 11.5 Å². The minimum Gasteiger partial charge on any atom is -0.493 e. The zero-order chi connectivity index (χ0) is 23.5. The van der Waals surface area contributed by atoms with Crippen molar-refractivity contribution in [2.24, 2.45) is 0 Å². The summed E-state index contributed by atoms with van der Waals surface area (Å²) in [5.74, 6) is 0.766. The summed E-state index contributed by atoms with van der Waals surface area (Å²) in [6.07, 6.45) is 0. The zero-order valence-corrected chi connectivity index (χ0v) is 19.1. The molecule has 0 saturated heterocycles. The van der Waals surface area contributed by atoms with Gasteiger partial charge in [0.1, 0.15) is 0 Å². The quantitative estimate of drug-likeness (QED) is 0.326. The molecule has 0 fully saturated rings. The molecule has 168 valence electrons. The SMILES string of the molecule is COc1ccc(N([C@@H](C)c2cccc(Cl)c2)S(=O)(=O)c2cccc([N+](=O)[O-])c2)cc1OC. The molecule has 0 bridgehead atoms. The van der Waals surface area contributed by atoms with Crippen molar-refractivity contribution >= 4 is 33.0 Å². The van der Waals surface area contributed by atoms with E-state index in [0.29, 0.717) is 27.8 Å². The number of hydrogen-bond donors (Lipinski definition) is 0. The van der Waals surface area contributed by atoms with Gasteiger partial charge in [-0.3, -0.25) is 14.4 Å². The van der Waals surface area contributed by atoms with Gasteiger partial charge in [0.25, 0.3) is 15.7 Å². The maximum absolute atomic E-state index is 13.8. The molecule has 1 atom stereocenters. The summed E-state index contributed by atoms with van der Waals surface area (Å²) in [4.78, 5) is 10.4. The Labute approximate surface area is 191 Å². The second kappa shape index (κ2) is 9.46. The largest absolute Gasteiger partial charge is 0.493 e. The molecule has 32 heavy (non-hydrogen) atoms. The number of methoxy groups -OCH3 is 2. The fraction of sp³-hybridized carbons (Fsp3) is 0.182. The Bertz CT molecular complexity index is 1250. The number of anilines is 1. The standard InChI is InChI=1S/C22H21ClN2O6S/c1-15(16-6-4-7-17(23)12-16)24(18-10-11-21(30-2)22(14-18)31-3)32(28,29)20-9-5-8-19(13-20)25(26)27/h4-15H,1-3H3/t15-/m0/s1. The van der Waals surface area contributed by atoms with Crippen LogP contribution in [0.25, 0.3) is 0 Å². The van der Waals surface area contributed by atoms with Gasteiger partial charge in [-0.1, -0.05) is 29.8 Å². The van der Waals surface area contributed by atoms with Crippen LogP contribution < -0.4 is 13.8 Å². The molecular weight excluding hydrogens is 456 g/mol. The van der Waals surface area contributed by atoms with Gasteiger partial charge in [0.2, 0.25) is 0 Å². The van der Waals surface area contributed by atoms with Gasteiger partial charge < -0.3 is 9.47 Å². The molecule has 8 nitrogen and oxygen atoms in total. The molecule has 0 radical (unpaired) electrons. The van der Waals surface area contributed by atoms with Gasteiger partial charge in [-0.05, 0) is 42.8 Å². The smallest absolute Gasteiger partial charge is 0.270 e. The molecule has 3 aromatic rings. The van der Waals surface area contributed by atoms with Crippen molar-refractivity contribution in [3.63, 3.8) is 0 Å². The molecule has 0 aliphatic rings. The van der Waals surface area contributed by atoms with Gasteiger partial charge >= 0.3 is 0 Å². The van der Waals surface area contributed by atoms with Crippen molar-refractivity contribution < 1.29 is 22.8 Å². The average Bonchev–Trinajstić information content (AvgIpc) is 2.78. The fourth-order valence-electron chi connectivity index (χ4n) is 3.31. The average molecular weight is 477 g/mol. The number of nitro groups is 1. The third kappa shape index (κ3) is 4.63. The van der Waals surface area contributed by atoms with Crippen molar-refractivity contribution in [3.8, 4) is 11.5 Å². The second-order valence-electron chi connectivity index (χ2n) is 6.83. The van der Waals surface area contributed by atoms with E-state index in [1.165, 1.54) is 42.8 Å². The van der Waals surface area contributed by atoms with E-state index in [1.54, 1.807) is 43.3 Å². The highest BCUT2D eigenvalue weighted by Crippen LogP contribution is 2.39. The topological polar surface area (TPSA) is 99.0 Å². The van der Waals surface area contributed by atoms with Crippen molar-refractivity contribution in [2.45, 2.75) is 17.9 Å². The molecule has 0 heterocycles. The minimum atomic E-state index is -4.23. The highest BCUT2D eigenvalue weighted by Gasteiger charge is 2.32. The summed E-state index contributed by atoms with van der Waals surface area (Å²) in [5.41, 5.74) is 0.608. The fourth-order valence-corrected chi connectivity index (χ4v) is 5.18. The summed E-state index contributed by atoms with van der Waals surface area (Å²) in [7, 11) is -1.30. The number of halogens is 1.